The largest absolute Gasteiger partial charge is 0.303 e. The molecule has 1 atom stereocenters. The van der Waals surface area contributed by atoms with Crippen molar-refractivity contribution in [2.75, 3.05) is 13.2 Å². The molecule has 0 amide bonds. The maximum absolute atomic E-state index is 10.6. The first kappa shape index (κ1) is 9.86. The van der Waals surface area contributed by atoms with Crippen LogP contribution in [0.1, 0.15) is 25.7 Å². The number of hydrogen-bond donors (Lipinski definition) is 2. The van der Waals surface area contributed by atoms with Crippen molar-refractivity contribution in [1.82, 2.24) is 10.6 Å². The van der Waals surface area contributed by atoms with E-state index in [2.05, 4.69) is 10.6 Å². The highest BCUT2D eigenvalue weighted by atomic mass is 16.6. The summed E-state index contributed by atoms with van der Waals surface area (Å²) in [6, 6.07) is 0.267. The molecule has 2 fully saturated rings. The minimum absolute atomic E-state index is 0.115. The normalized spacial score (nSPS) is 38.4. The Bertz CT molecular complexity index is 208. The van der Waals surface area contributed by atoms with E-state index in [0.29, 0.717) is 12.0 Å². The van der Waals surface area contributed by atoms with Crippen LogP contribution in [0.5, 0.6) is 0 Å². The van der Waals surface area contributed by atoms with E-state index in [9.17, 15) is 10.1 Å². The Morgan fingerprint density at radius 2 is 1.93 bits per heavy atom. The molecule has 1 saturated carbocycles. The summed E-state index contributed by atoms with van der Waals surface area (Å²) >= 11 is 0. The molecule has 2 rings (SSSR count). The van der Waals surface area contributed by atoms with Gasteiger partial charge in [0.15, 0.2) is 0 Å². The summed E-state index contributed by atoms with van der Waals surface area (Å²) in [6.45, 7) is 1.91. The molecule has 0 aromatic rings. The van der Waals surface area contributed by atoms with Crippen molar-refractivity contribution < 1.29 is 4.92 Å². The maximum Gasteiger partial charge on any atom is 0.213 e. The molecule has 0 spiro atoms. The second-order valence-corrected chi connectivity index (χ2v) is 4.30. The van der Waals surface area contributed by atoms with Gasteiger partial charge in [-0.3, -0.25) is 10.1 Å². The fourth-order valence-corrected chi connectivity index (χ4v) is 2.55. The third-order valence-corrected chi connectivity index (χ3v) is 3.46. The van der Waals surface area contributed by atoms with Gasteiger partial charge in [-0.05, 0) is 18.8 Å². The fraction of sp³-hybridized carbons (Fsp3) is 1.00. The summed E-state index contributed by atoms with van der Waals surface area (Å²) in [5.74, 6) is 0.640. The molecular formula is C9H17N3O2. The Morgan fingerprint density at radius 1 is 1.21 bits per heavy atom. The molecule has 2 aliphatic rings. The molecule has 5 heteroatoms. The Morgan fingerprint density at radius 3 is 2.43 bits per heavy atom. The zero-order valence-corrected chi connectivity index (χ0v) is 8.24. The van der Waals surface area contributed by atoms with E-state index in [4.69, 9.17) is 0 Å². The molecule has 0 aromatic heterocycles. The summed E-state index contributed by atoms with van der Waals surface area (Å²) in [7, 11) is 0. The van der Waals surface area contributed by atoms with Crippen molar-refractivity contribution in [2.24, 2.45) is 5.92 Å². The monoisotopic (exact) mass is 199 g/mol. The lowest BCUT2D eigenvalue weighted by Crippen LogP contribution is -2.37. The Labute approximate surface area is 83.4 Å². The van der Waals surface area contributed by atoms with Gasteiger partial charge in [-0.15, -0.1) is 0 Å². The van der Waals surface area contributed by atoms with Crippen LogP contribution in [0.15, 0.2) is 0 Å². The van der Waals surface area contributed by atoms with Gasteiger partial charge in [0.2, 0.25) is 6.04 Å². The zero-order chi connectivity index (χ0) is 9.97. The molecule has 2 N–H and O–H groups in total. The molecule has 1 unspecified atom stereocenters. The Balaban J connectivity index is 1.80. The third-order valence-electron chi connectivity index (χ3n) is 3.46. The van der Waals surface area contributed by atoms with E-state index < -0.39 is 0 Å². The molecule has 1 saturated heterocycles. The number of hydrogen-bond acceptors (Lipinski definition) is 4. The lowest BCUT2D eigenvalue weighted by atomic mass is 9.82. The topological polar surface area (TPSA) is 67.2 Å². The van der Waals surface area contributed by atoms with E-state index >= 15 is 0 Å². The zero-order valence-electron chi connectivity index (χ0n) is 8.24. The standard InChI is InChI=1S/C9H17N3O2/c13-12(14)8-3-1-7(2-4-8)9-5-10-6-11-9/h7-11H,1-6H2. The summed E-state index contributed by atoms with van der Waals surface area (Å²) < 4.78 is 0. The van der Waals surface area contributed by atoms with Gasteiger partial charge in [-0.25, -0.2) is 0 Å². The summed E-state index contributed by atoms with van der Waals surface area (Å²) in [4.78, 5) is 10.4. The SMILES string of the molecule is O=[N+]([O-])C1CCC(C2CNCN2)CC1. The van der Waals surface area contributed by atoms with Gasteiger partial charge in [-0.1, -0.05) is 0 Å². The highest BCUT2D eigenvalue weighted by molar-refractivity contribution is 4.86. The predicted octanol–water partition coefficient (Wildman–Crippen LogP) is 0.341. The lowest BCUT2D eigenvalue weighted by Gasteiger charge is -2.28. The first-order valence-corrected chi connectivity index (χ1v) is 5.35. The van der Waals surface area contributed by atoms with Crippen LogP contribution in [0.3, 0.4) is 0 Å². The molecule has 0 radical (unpaired) electrons. The van der Waals surface area contributed by atoms with Crippen molar-refractivity contribution in [1.29, 1.82) is 0 Å². The van der Waals surface area contributed by atoms with E-state index in [1.807, 2.05) is 0 Å². The molecule has 0 bridgehead atoms. The first-order chi connectivity index (χ1) is 6.77. The summed E-state index contributed by atoms with van der Waals surface area (Å²) in [5, 5.41) is 17.2. The van der Waals surface area contributed by atoms with Crippen LogP contribution in [-0.2, 0) is 0 Å². The number of nitrogens with one attached hydrogen (secondary N) is 2. The highest BCUT2D eigenvalue weighted by Gasteiger charge is 2.33. The van der Waals surface area contributed by atoms with Crippen molar-refractivity contribution in [3.05, 3.63) is 10.1 Å². The van der Waals surface area contributed by atoms with Crippen LogP contribution in [-0.4, -0.2) is 30.2 Å². The van der Waals surface area contributed by atoms with Gasteiger partial charge in [0, 0.05) is 37.0 Å². The van der Waals surface area contributed by atoms with Crippen LogP contribution in [0.25, 0.3) is 0 Å². The second-order valence-electron chi connectivity index (χ2n) is 4.30. The van der Waals surface area contributed by atoms with Gasteiger partial charge in [-0.2, -0.15) is 0 Å². The van der Waals surface area contributed by atoms with E-state index in [0.717, 1.165) is 38.9 Å². The van der Waals surface area contributed by atoms with E-state index in [1.165, 1.54) is 0 Å². The average molecular weight is 199 g/mol. The van der Waals surface area contributed by atoms with Crippen molar-refractivity contribution >= 4 is 0 Å². The van der Waals surface area contributed by atoms with Gasteiger partial charge < -0.3 is 10.6 Å². The average Bonchev–Trinajstić information content (AvgIpc) is 2.71. The first-order valence-electron chi connectivity index (χ1n) is 5.35. The molecule has 80 valence electrons. The highest BCUT2D eigenvalue weighted by Crippen LogP contribution is 2.28. The van der Waals surface area contributed by atoms with Crippen LogP contribution < -0.4 is 10.6 Å². The Kier molecular flexibility index (Phi) is 2.98. The second kappa shape index (κ2) is 4.23. The molecule has 1 heterocycles. The smallest absolute Gasteiger partial charge is 0.213 e. The number of rotatable bonds is 2. The van der Waals surface area contributed by atoms with Crippen LogP contribution in [0.4, 0.5) is 0 Å². The van der Waals surface area contributed by atoms with Crippen LogP contribution in [0, 0.1) is 16.0 Å². The molecule has 1 aliphatic heterocycles. The summed E-state index contributed by atoms with van der Waals surface area (Å²) in [5.41, 5.74) is 0. The van der Waals surface area contributed by atoms with Gasteiger partial charge >= 0.3 is 0 Å². The van der Waals surface area contributed by atoms with Crippen LogP contribution >= 0.6 is 0 Å². The van der Waals surface area contributed by atoms with E-state index in [-0.39, 0.29) is 11.0 Å². The molecule has 5 nitrogen and oxygen atoms in total. The van der Waals surface area contributed by atoms with Gasteiger partial charge in [0.1, 0.15) is 0 Å². The van der Waals surface area contributed by atoms with Crippen molar-refractivity contribution in [3.63, 3.8) is 0 Å². The lowest BCUT2D eigenvalue weighted by molar-refractivity contribution is -0.527. The molecule has 0 aromatic carbocycles. The van der Waals surface area contributed by atoms with Crippen molar-refractivity contribution in [2.45, 2.75) is 37.8 Å². The Hall–Kier alpha value is -0.680. The molecule has 1 aliphatic carbocycles. The number of nitrogens with zero attached hydrogens (tertiary/aromatic N) is 1. The summed E-state index contributed by atoms with van der Waals surface area (Å²) in [6.07, 6.45) is 3.53. The number of nitro groups is 1. The minimum Gasteiger partial charge on any atom is -0.303 e. The molecular weight excluding hydrogens is 182 g/mol. The van der Waals surface area contributed by atoms with Crippen molar-refractivity contribution in [3.8, 4) is 0 Å². The maximum atomic E-state index is 10.6. The third kappa shape index (κ3) is 2.04. The van der Waals surface area contributed by atoms with Crippen LogP contribution in [0.2, 0.25) is 0 Å². The van der Waals surface area contributed by atoms with Gasteiger partial charge in [0.05, 0.1) is 0 Å². The minimum atomic E-state index is -0.277. The van der Waals surface area contributed by atoms with E-state index in [1.54, 1.807) is 0 Å². The predicted molar refractivity (Wildman–Crippen MR) is 52.5 cm³/mol. The quantitative estimate of drug-likeness (QED) is 0.497. The fourth-order valence-electron chi connectivity index (χ4n) is 2.55. The molecule has 14 heavy (non-hydrogen) atoms. The van der Waals surface area contributed by atoms with Gasteiger partial charge in [0.25, 0.3) is 0 Å².